The van der Waals surface area contributed by atoms with Gasteiger partial charge >= 0.3 is 18.0 Å². The number of hydrogen-bond donors (Lipinski definition) is 0. The minimum absolute atomic E-state index is 0.0546. The molecule has 0 aliphatic heterocycles. The van der Waals surface area contributed by atoms with Crippen molar-refractivity contribution in [3.8, 4) is 35.3 Å². The van der Waals surface area contributed by atoms with Crippen molar-refractivity contribution in [2.45, 2.75) is 26.2 Å². The van der Waals surface area contributed by atoms with E-state index in [1.54, 1.807) is 0 Å². The van der Waals surface area contributed by atoms with Crippen molar-refractivity contribution >= 4 is 0 Å². The minimum atomic E-state index is 0.0546. The molecule has 0 atom stereocenters. The van der Waals surface area contributed by atoms with E-state index in [-0.39, 0.29) is 23.4 Å². The third-order valence-electron chi connectivity index (χ3n) is 4.41. The number of ether oxygens (including phenoxy) is 3. The molecular weight excluding hydrogens is 390 g/mol. The molecule has 156 valence electrons. The molecule has 6 heteroatoms. The van der Waals surface area contributed by atoms with Crippen LogP contribution in [0.5, 0.6) is 35.3 Å². The van der Waals surface area contributed by atoms with E-state index in [1.165, 1.54) is 5.56 Å². The van der Waals surface area contributed by atoms with E-state index in [1.807, 2.05) is 84.9 Å². The van der Waals surface area contributed by atoms with Crippen molar-refractivity contribution in [3.05, 3.63) is 90.5 Å². The summed E-state index contributed by atoms with van der Waals surface area (Å²) in [6.07, 6.45) is 0. The maximum atomic E-state index is 5.88. The second-order valence-corrected chi connectivity index (χ2v) is 7.89. The molecule has 0 fully saturated rings. The summed E-state index contributed by atoms with van der Waals surface area (Å²) >= 11 is 0. The van der Waals surface area contributed by atoms with Gasteiger partial charge in [-0.25, -0.2) is 0 Å². The smallest absolute Gasteiger partial charge is 0.331 e. The summed E-state index contributed by atoms with van der Waals surface area (Å²) in [7, 11) is 0. The maximum Gasteiger partial charge on any atom is 0.331 e. The zero-order valence-corrected chi connectivity index (χ0v) is 17.6. The lowest BCUT2D eigenvalue weighted by molar-refractivity contribution is 0.362. The van der Waals surface area contributed by atoms with Crippen LogP contribution in [-0.2, 0) is 5.41 Å². The lowest BCUT2D eigenvalue weighted by atomic mass is 9.87. The van der Waals surface area contributed by atoms with Crippen molar-refractivity contribution in [2.24, 2.45) is 0 Å². The van der Waals surface area contributed by atoms with Crippen LogP contribution >= 0.6 is 0 Å². The average molecular weight is 413 g/mol. The molecule has 3 aromatic carbocycles. The summed E-state index contributed by atoms with van der Waals surface area (Å²) in [5, 5.41) is 0. The van der Waals surface area contributed by atoms with E-state index in [4.69, 9.17) is 14.2 Å². The SMILES string of the molecule is CC(C)(C)c1ccc(Oc2nc(Oc3ccccc3)nc(Oc3ccccc3)n2)cc1. The summed E-state index contributed by atoms with van der Waals surface area (Å²) in [6.45, 7) is 6.49. The monoisotopic (exact) mass is 413 g/mol. The lowest BCUT2D eigenvalue weighted by Gasteiger charge is -2.19. The number of aromatic nitrogens is 3. The van der Waals surface area contributed by atoms with Gasteiger partial charge in [0, 0.05) is 0 Å². The van der Waals surface area contributed by atoms with Gasteiger partial charge in [-0.1, -0.05) is 69.3 Å². The van der Waals surface area contributed by atoms with Gasteiger partial charge in [0.15, 0.2) is 0 Å². The average Bonchev–Trinajstić information content (AvgIpc) is 2.75. The van der Waals surface area contributed by atoms with Gasteiger partial charge in [0.25, 0.3) is 0 Å². The lowest BCUT2D eigenvalue weighted by Crippen LogP contribution is -2.10. The second kappa shape index (κ2) is 8.83. The predicted octanol–water partition coefficient (Wildman–Crippen LogP) is 6.55. The van der Waals surface area contributed by atoms with Crippen LogP contribution < -0.4 is 14.2 Å². The van der Waals surface area contributed by atoms with Crippen molar-refractivity contribution < 1.29 is 14.2 Å². The fourth-order valence-electron chi connectivity index (χ4n) is 2.77. The van der Waals surface area contributed by atoms with Gasteiger partial charge in [0.2, 0.25) is 0 Å². The first-order valence-corrected chi connectivity index (χ1v) is 9.96. The fraction of sp³-hybridized carbons (Fsp3) is 0.160. The second-order valence-electron chi connectivity index (χ2n) is 7.89. The molecule has 0 aliphatic rings. The van der Waals surface area contributed by atoms with Crippen LogP contribution in [-0.4, -0.2) is 15.0 Å². The largest absolute Gasteiger partial charge is 0.424 e. The predicted molar refractivity (Wildman–Crippen MR) is 118 cm³/mol. The van der Waals surface area contributed by atoms with Crippen molar-refractivity contribution in [1.29, 1.82) is 0 Å². The van der Waals surface area contributed by atoms with Gasteiger partial charge < -0.3 is 14.2 Å². The third kappa shape index (κ3) is 5.57. The first-order valence-electron chi connectivity index (χ1n) is 9.96. The fourth-order valence-corrected chi connectivity index (χ4v) is 2.77. The zero-order chi connectivity index (χ0) is 21.7. The van der Waals surface area contributed by atoms with Crippen LogP contribution in [0, 0.1) is 0 Å². The van der Waals surface area contributed by atoms with E-state index in [2.05, 4.69) is 35.7 Å². The molecule has 4 rings (SSSR count). The number of nitrogens with zero attached hydrogens (tertiary/aromatic N) is 3. The van der Waals surface area contributed by atoms with Crippen LogP contribution in [0.2, 0.25) is 0 Å². The van der Waals surface area contributed by atoms with Crippen LogP contribution in [0.4, 0.5) is 0 Å². The highest BCUT2D eigenvalue weighted by Crippen LogP contribution is 2.28. The molecule has 1 aromatic heterocycles. The van der Waals surface area contributed by atoms with Gasteiger partial charge in [-0.15, -0.1) is 15.0 Å². The standard InChI is InChI=1S/C25H23N3O3/c1-25(2,3)18-14-16-21(17-15-18)31-24-27-22(29-19-10-6-4-7-11-19)26-23(28-24)30-20-12-8-5-9-13-20/h4-17H,1-3H3. The number of benzene rings is 3. The molecule has 0 bridgehead atoms. The van der Waals surface area contributed by atoms with E-state index < -0.39 is 0 Å². The molecule has 0 amide bonds. The molecule has 0 saturated heterocycles. The molecule has 4 aromatic rings. The molecule has 31 heavy (non-hydrogen) atoms. The van der Waals surface area contributed by atoms with E-state index in [0.717, 1.165) is 0 Å². The highest BCUT2D eigenvalue weighted by atomic mass is 16.5. The first kappa shape index (κ1) is 20.3. The molecule has 0 spiro atoms. The Bertz CT molecular complexity index is 1070. The van der Waals surface area contributed by atoms with Crippen LogP contribution in [0.25, 0.3) is 0 Å². The van der Waals surface area contributed by atoms with Crippen LogP contribution in [0.3, 0.4) is 0 Å². The summed E-state index contributed by atoms with van der Waals surface area (Å²) in [4.78, 5) is 12.8. The number of hydrogen-bond acceptors (Lipinski definition) is 6. The van der Waals surface area contributed by atoms with Gasteiger partial charge in [-0.3, -0.25) is 0 Å². The molecule has 0 unspecified atom stereocenters. The molecule has 1 heterocycles. The Morgan fingerprint density at radius 1 is 0.484 bits per heavy atom. The molecular formula is C25H23N3O3. The van der Waals surface area contributed by atoms with Crippen molar-refractivity contribution in [3.63, 3.8) is 0 Å². The Kier molecular flexibility index (Phi) is 5.80. The van der Waals surface area contributed by atoms with Gasteiger partial charge in [-0.05, 0) is 47.4 Å². The van der Waals surface area contributed by atoms with Crippen LogP contribution in [0.1, 0.15) is 26.3 Å². The first-order chi connectivity index (χ1) is 15.0. The maximum absolute atomic E-state index is 5.88. The molecule has 0 aliphatic carbocycles. The van der Waals surface area contributed by atoms with Gasteiger partial charge in [0.05, 0.1) is 0 Å². The van der Waals surface area contributed by atoms with Gasteiger partial charge in [0.1, 0.15) is 17.2 Å². The quantitative estimate of drug-likeness (QED) is 0.357. The number of rotatable bonds is 6. The van der Waals surface area contributed by atoms with Gasteiger partial charge in [-0.2, -0.15) is 0 Å². The Morgan fingerprint density at radius 3 is 1.19 bits per heavy atom. The minimum Gasteiger partial charge on any atom is -0.424 e. The Labute approximate surface area is 181 Å². The van der Waals surface area contributed by atoms with E-state index >= 15 is 0 Å². The van der Waals surface area contributed by atoms with Crippen molar-refractivity contribution in [1.82, 2.24) is 15.0 Å². The molecule has 0 radical (unpaired) electrons. The Morgan fingerprint density at radius 2 is 0.839 bits per heavy atom. The topological polar surface area (TPSA) is 66.4 Å². The highest BCUT2D eigenvalue weighted by Gasteiger charge is 2.15. The Balaban J connectivity index is 1.62. The van der Waals surface area contributed by atoms with E-state index in [9.17, 15) is 0 Å². The van der Waals surface area contributed by atoms with E-state index in [0.29, 0.717) is 17.2 Å². The van der Waals surface area contributed by atoms with Crippen molar-refractivity contribution in [2.75, 3.05) is 0 Å². The summed E-state index contributed by atoms with van der Waals surface area (Å²) in [5.41, 5.74) is 1.26. The highest BCUT2D eigenvalue weighted by molar-refractivity contribution is 5.33. The normalized spacial score (nSPS) is 11.1. The molecule has 0 saturated carbocycles. The molecule has 0 N–H and O–H groups in total. The summed E-state index contributed by atoms with van der Waals surface area (Å²) in [6, 6.07) is 26.6. The zero-order valence-electron chi connectivity index (χ0n) is 17.6. The summed E-state index contributed by atoms with van der Waals surface area (Å²) in [5.74, 6) is 1.80. The molecule has 6 nitrogen and oxygen atoms in total. The third-order valence-corrected chi connectivity index (χ3v) is 4.41. The Hall–Kier alpha value is -3.93. The summed E-state index contributed by atoms with van der Waals surface area (Å²) < 4.78 is 17.4. The number of para-hydroxylation sites is 2. The van der Waals surface area contributed by atoms with Crippen LogP contribution in [0.15, 0.2) is 84.9 Å².